The van der Waals surface area contributed by atoms with Crippen molar-refractivity contribution in [2.75, 3.05) is 0 Å². The molecule has 1 aromatic carbocycles. The van der Waals surface area contributed by atoms with E-state index in [0.29, 0.717) is 4.68 Å². The first-order valence-electron chi connectivity index (χ1n) is 5.08. The largest absolute Gasteiger partial charge is 0.442 e. The van der Waals surface area contributed by atoms with Crippen LogP contribution in [0.15, 0.2) is 18.2 Å². The SMILES string of the molecule is O=[N+]([O-])c1c(C(F)(F)F)nn(-c2ccc(Cl)cc2Cl)c1Cl. The molecule has 1 heterocycles. The summed E-state index contributed by atoms with van der Waals surface area (Å²) >= 11 is 17.1. The first-order chi connectivity index (χ1) is 9.62. The maximum Gasteiger partial charge on any atom is 0.442 e. The summed E-state index contributed by atoms with van der Waals surface area (Å²) in [5.74, 6) is 0. The van der Waals surface area contributed by atoms with Crippen molar-refractivity contribution >= 4 is 40.5 Å². The molecule has 0 saturated heterocycles. The van der Waals surface area contributed by atoms with Crippen LogP contribution < -0.4 is 0 Å². The number of rotatable bonds is 2. The molecule has 21 heavy (non-hydrogen) atoms. The molecule has 11 heteroatoms. The molecule has 0 fully saturated rings. The van der Waals surface area contributed by atoms with Crippen LogP contribution in [0, 0.1) is 10.1 Å². The van der Waals surface area contributed by atoms with Crippen LogP contribution in [0.3, 0.4) is 0 Å². The van der Waals surface area contributed by atoms with Crippen molar-refractivity contribution in [2.45, 2.75) is 6.18 Å². The van der Waals surface area contributed by atoms with E-state index in [9.17, 15) is 23.3 Å². The predicted molar refractivity (Wildman–Crippen MR) is 70.3 cm³/mol. The minimum absolute atomic E-state index is 0.0597. The zero-order valence-corrected chi connectivity index (χ0v) is 11.9. The Morgan fingerprint density at radius 3 is 2.29 bits per heavy atom. The molecule has 2 rings (SSSR count). The van der Waals surface area contributed by atoms with Crippen molar-refractivity contribution < 1.29 is 18.1 Å². The molecule has 0 atom stereocenters. The van der Waals surface area contributed by atoms with Gasteiger partial charge in [0.05, 0.1) is 15.6 Å². The number of aromatic nitrogens is 2. The molecule has 0 bridgehead atoms. The van der Waals surface area contributed by atoms with Gasteiger partial charge in [0.1, 0.15) is 0 Å². The fraction of sp³-hybridized carbons (Fsp3) is 0.100. The Labute approximate surface area is 130 Å². The molecule has 0 aliphatic carbocycles. The topological polar surface area (TPSA) is 61.0 Å². The molecule has 0 aliphatic heterocycles. The molecule has 0 amide bonds. The Kier molecular flexibility index (Phi) is 4.05. The summed E-state index contributed by atoms with van der Waals surface area (Å²) in [5.41, 5.74) is -3.11. The fourth-order valence-corrected chi connectivity index (χ4v) is 2.33. The summed E-state index contributed by atoms with van der Waals surface area (Å²) in [5, 5.41) is 13.3. The minimum atomic E-state index is -5.03. The lowest BCUT2D eigenvalue weighted by atomic mass is 10.3. The van der Waals surface area contributed by atoms with Crippen molar-refractivity contribution in [2.24, 2.45) is 0 Å². The van der Waals surface area contributed by atoms with E-state index in [1.807, 2.05) is 0 Å². The smallest absolute Gasteiger partial charge is 0.258 e. The van der Waals surface area contributed by atoms with Crippen LogP contribution in [0.4, 0.5) is 18.9 Å². The van der Waals surface area contributed by atoms with Gasteiger partial charge in [-0.3, -0.25) is 10.1 Å². The van der Waals surface area contributed by atoms with Gasteiger partial charge in [0, 0.05) is 5.02 Å². The summed E-state index contributed by atoms with van der Waals surface area (Å²) in [4.78, 5) is 9.54. The van der Waals surface area contributed by atoms with Crippen LogP contribution in [0.25, 0.3) is 5.69 Å². The molecular formula is C10H3Cl3F3N3O2. The molecular weight excluding hydrogens is 357 g/mol. The number of alkyl halides is 3. The van der Waals surface area contributed by atoms with Crippen molar-refractivity contribution in [3.8, 4) is 5.69 Å². The second-order valence-electron chi connectivity index (χ2n) is 3.75. The molecule has 112 valence electrons. The van der Waals surface area contributed by atoms with Crippen LogP contribution in [-0.4, -0.2) is 14.7 Å². The van der Waals surface area contributed by atoms with E-state index in [4.69, 9.17) is 34.8 Å². The molecule has 1 aromatic heterocycles. The van der Waals surface area contributed by atoms with Crippen LogP contribution in [-0.2, 0) is 6.18 Å². The van der Waals surface area contributed by atoms with Gasteiger partial charge in [-0.2, -0.15) is 18.3 Å². The average Bonchev–Trinajstić information content (AvgIpc) is 2.67. The van der Waals surface area contributed by atoms with Crippen LogP contribution in [0.5, 0.6) is 0 Å². The zero-order valence-electron chi connectivity index (χ0n) is 9.66. The quantitative estimate of drug-likeness (QED) is 0.573. The van der Waals surface area contributed by atoms with Crippen LogP contribution >= 0.6 is 34.8 Å². The lowest BCUT2D eigenvalue weighted by molar-refractivity contribution is -0.388. The van der Waals surface area contributed by atoms with E-state index in [1.54, 1.807) is 0 Å². The Morgan fingerprint density at radius 1 is 1.24 bits per heavy atom. The first-order valence-corrected chi connectivity index (χ1v) is 6.22. The number of nitro groups is 1. The van der Waals surface area contributed by atoms with Gasteiger partial charge < -0.3 is 0 Å². The van der Waals surface area contributed by atoms with E-state index in [-0.39, 0.29) is 15.7 Å². The maximum absolute atomic E-state index is 12.8. The molecule has 0 aliphatic rings. The van der Waals surface area contributed by atoms with Gasteiger partial charge in [-0.05, 0) is 18.2 Å². The average molecular weight is 361 g/mol. The highest BCUT2D eigenvalue weighted by atomic mass is 35.5. The number of hydrogen-bond donors (Lipinski definition) is 0. The van der Waals surface area contributed by atoms with E-state index < -0.39 is 27.6 Å². The summed E-state index contributed by atoms with van der Waals surface area (Å²) in [7, 11) is 0. The van der Waals surface area contributed by atoms with Gasteiger partial charge >= 0.3 is 11.9 Å². The second-order valence-corrected chi connectivity index (χ2v) is 4.95. The summed E-state index contributed by atoms with van der Waals surface area (Å²) in [6.45, 7) is 0. The lowest BCUT2D eigenvalue weighted by Gasteiger charge is -2.05. The maximum atomic E-state index is 12.8. The van der Waals surface area contributed by atoms with Gasteiger partial charge in [-0.25, -0.2) is 4.68 Å². The van der Waals surface area contributed by atoms with Gasteiger partial charge in [-0.1, -0.05) is 34.8 Å². The van der Waals surface area contributed by atoms with E-state index in [1.165, 1.54) is 18.2 Å². The minimum Gasteiger partial charge on any atom is -0.258 e. The molecule has 0 radical (unpaired) electrons. The Bertz CT molecular complexity index is 730. The third-order valence-corrected chi connectivity index (χ3v) is 3.27. The zero-order chi connectivity index (χ0) is 15.9. The Balaban J connectivity index is 2.74. The summed E-state index contributed by atoms with van der Waals surface area (Å²) < 4.78 is 38.9. The highest BCUT2D eigenvalue weighted by molar-refractivity contribution is 6.36. The standard InChI is InChI=1S/C10H3Cl3F3N3O2/c11-4-1-2-6(5(12)3-4)18-9(13)7(19(20)21)8(17-18)10(14,15)16/h1-3H. The van der Waals surface area contributed by atoms with E-state index >= 15 is 0 Å². The van der Waals surface area contributed by atoms with Crippen LogP contribution in [0.1, 0.15) is 5.69 Å². The van der Waals surface area contributed by atoms with E-state index in [0.717, 1.165) is 0 Å². The first kappa shape index (κ1) is 15.9. The fourth-order valence-electron chi connectivity index (χ4n) is 1.55. The predicted octanol–water partition coefficient (Wildman–Crippen LogP) is 4.76. The lowest BCUT2D eigenvalue weighted by Crippen LogP contribution is -2.09. The summed E-state index contributed by atoms with van der Waals surface area (Å²) in [6, 6.07) is 3.82. The molecule has 0 spiro atoms. The Hall–Kier alpha value is -1.51. The molecule has 0 unspecified atom stereocenters. The number of halogens is 6. The van der Waals surface area contributed by atoms with Gasteiger partial charge in [0.15, 0.2) is 0 Å². The Morgan fingerprint density at radius 2 is 1.86 bits per heavy atom. The van der Waals surface area contributed by atoms with Crippen LogP contribution in [0.2, 0.25) is 15.2 Å². The number of benzene rings is 1. The summed E-state index contributed by atoms with van der Waals surface area (Å²) in [6.07, 6.45) is -5.03. The molecule has 5 nitrogen and oxygen atoms in total. The second kappa shape index (κ2) is 5.36. The monoisotopic (exact) mass is 359 g/mol. The van der Waals surface area contributed by atoms with Gasteiger partial charge in [-0.15, -0.1) is 0 Å². The van der Waals surface area contributed by atoms with Crippen molar-refractivity contribution in [1.82, 2.24) is 9.78 Å². The van der Waals surface area contributed by atoms with E-state index in [2.05, 4.69) is 5.10 Å². The third kappa shape index (κ3) is 2.92. The molecule has 2 aromatic rings. The van der Waals surface area contributed by atoms with Crippen molar-refractivity contribution in [3.05, 3.63) is 49.2 Å². The third-order valence-electron chi connectivity index (χ3n) is 2.39. The van der Waals surface area contributed by atoms with Gasteiger partial charge in [0.2, 0.25) is 10.8 Å². The van der Waals surface area contributed by atoms with Crippen molar-refractivity contribution in [1.29, 1.82) is 0 Å². The highest BCUT2D eigenvalue weighted by Gasteiger charge is 2.45. The molecule has 0 N–H and O–H groups in total. The van der Waals surface area contributed by atoms with Gasteiger partial charge in [0.25, 0.3) is 0 Å². The highest BCUT2D eigenvalue weighted by Crippen LogP contribution is 2.41. The normalized spacial score (nSPS) is 11.7. The van der Waals surface area contributed by atoms with Crippen molar-refractivity contribution in [3.63, 3.8) is 0 Å². The molecule has 0 saturated carbocycles. The number of hydrogen-bond acceptors (Lipinski definition) is 3. The number of nitrogens with zero attached hydrogens (tertiary/aromatic N) is 3.